The molecule has 1 aromatic rings. The van der Waals surface area contributed by atoms with E-state index in [-0.39, 0.29) is 6.61 Å². The monoisotopic (exact) mass is 268 g/mol. The van der Waals surface area contributed by atoms with Crippen LogP contribution in [0.15, 0.2) is 11.4 Å². The normalized spacial score (nSPS) is 16.5. The molecule has 1 saturated heterocycles. The van der Waals surface area contributed by atoms with Gasteiger partial charge in [-0.3, -0.25) is 0 Å². The lowest BCUT2D eigenvalue weighted by atomic mass is 10.2. The highest BCUT2D eigenvalue weighted by Gasteiger charge is 2.14. The molecule has 1 aromatic heterocycles. The van der Waals surface area contributed by atoms with Gasteiger partial charge in [0.25, 0.3) is 0 Å². The Kier molecular flexibility index (Phi) is 5.40. The minimum absolute atomic E-state index is 0.0671. The molecule has 0 amide bonds. The zero-order valence-corrected chi connectivity index (χ0v) is 11.3. The number of aliphatic hydroxyl groups excluding tert-OH is 1. The third-order valence-electron chi connectivity index (χ3n) is 2.67. The lowest BCUT2D eigenvalue weighted by molar-refractivity contribution is 0.1000. The van der Waals surface area contributed by atoms with E-state index in [1.807, 2.05) is 17.8 Å². The summed E-state index contributed by atoms with van der Waals surface area (Å²) in [6, 6.07) is 2.03. The van der Waals surface area contributed by atoms with Gasteiger partial charge in [0.15, 0.2) is 0 Å². The zero-order chi connectivity index (χ0) is 11.9. The van der Waals surface area contributed by atoms with E-state index >= 15 is 0 Å². The molecule has 2 heterocycles. The van der Waals surface area contributed by atoms with Gasteiger partial charge >= 0.3 is 0 Å². The van der Waals surface area contributed by atoms with Crippen molar-refractivity contribution in [1.82, 2.24) is 0 Å². The van der Waals surface area contributed by atoms with Crippen molar-refractivity contribution >= 4 is 23.1 Å². The van der Waals surface area contributed by atoms with Crippen LogP contribution in [-0.2, 0) is 10.5 Å². The standard InChI is InChI=1S/C13H16O2S2/c14-6-1-2-11-5-9-16-13(11)10-17-12-3-7-15-8-4-12/h5,9,12,14H,3-4,6-8,10H2. The van der Waals surface area contributed by atoms with Crippen LogP contribution in [-0.4, -0.2) is 30.2 Å². The highest BCUT2D eigenvalue weighted by Crippen LogP contribution is 2.29. The second-order valence-electron chi connectivity index (χ2n) is 3.84. The quantitative estimate of drug-likeness (QED) is 0.854. The minimum Gasteiger partial charge on any atom is -0.384 e. The summed E-state index contributed by atoms with van der Waals surface area (Å²) in [4.78, 5) is 1.32. The number of ether oxygens (including phenoxy) is 1. The molecule has 0 bridgehead atoms. The summed E-state index contributed by atoms with van der Waals surface area (Å²) in [5.74, 6) is 6.74. The van der Waals surface area contributed by atoms with Crippen molar-refractivity contribution in [2.24, 2.45) is 0 Å². The first-order valence-electron chi connectivity index (χ1n) is 5.75. The number of aliphatic hydroxyl groups is 1. The Labute approximate surface area is 110 Å². The largest absolute Gasteiger partial charge is 0.384 e. The zero-order valence-electron chi connectivity index (χ0n) is 9.65. The molecule has 1 fully saturated rings. The number of thioether (sulfide) groups is 1. The van der Waals surface area contributed by atoms with Crippen LogP contribution >= 0.6 is 23.1 Å². The molecular formula is C13H16O2S2. The van der Waals surface area contributed by atoms with Gasteiger partial charge in [-0.15, -0.1) is 11.3 Å². The van der Waals surface area contributed by atoms with Crippen molar-refractivity contribution in [1.29, 1.82) is 0 Å². The van der Waals surface area contributed by atoms with Crippen LogP contribution < -0.4 is 0 Å². The molecule has 0 aromatic carbocycles. The summed E-state index contributed by atoms with van der Waals surface area (Å²) < 4.78 is 5.35. The topological polar surface area (TPSA) is 29.5 Å². The lowest BCUT2D eigenvalue weighted by Crippen LogP contribution is -2.17. The predicted molar refractivity (Wildman–Crippen MR) is 73.4 cm³/mol. The van der Waals surface area contributed by atoms with E-state index in [1.165, 1.54) is 4.88 Å². The van der Waals surface area contributed by atoms with Gasteiger partial charge in [-0.05, 0) is 24.3 Å². The molecule has 2 nitrogen and oxygen atoms in total. The summed E-state index contributed by atoms with van der Waals surface area (Å²) in [6.07, 6.45) is 2.32. The van der Waals surface area contributed by atoms with Gasteiger partial charge in [0.05, 0.1) is 0 Å². The molecule has 0 unspecified atom stereocenters. The maximum Gasteiger partial charge on any atom is 0.104 e. The Morgan fingerprint density at radius 3 is 3.06 bits per heavy atom. The fourth-order valence-corrected chi connectivity index (χ4v) is 3.89. The van der Waals surface area contributed by atoms with Gasteiger partial charge in [0.1, 0.15) is 6.61 Å². The van der Waals surface area contributed by atoms with Gasteiger partial charge < -0.3 is 9.84 Å². The van der Waals surface area contributed by atoms with E-state index in [0.717, 1.165) is 42.6 Å². The highest BCUT2D eigenvalue weighted by atomic mass is 32.2. The fraction of sp³-hybridized carbons (Fsp3) is 0.538. The molecule has 1 aliphatic rings. The molecule has 0 spiro atoms. The SMILES string of the molecule is OCC#Cc1ccsc1CSC1CCOCC1. The van der Waals surface area contributed by atoms with Crippen molar-refractivity contribution in [2.75, 3.05) is 19.8 Å². The van der Waals surface area contributed by atoms with Crippen molar-refractivity contribution < 1.29 is 9.84 Å². The van der Waals surface area contributed by atoms with E-state index < -0.39 is 0 Å². The van der Waals surface area contributed by atoms with Crippen LogP contribution in [0.25, 0.3) is 0 Å². The third-order valence-corrected chi connectivity index (χ3v) is 5.17. The van der Waals surface area contributed by atoms with Crippen molar-refractivity contribution in [2.45, 2.75) is 23.8 Å². The van der Waals surface area contributed by atoms with E-state index in [0.29, 0.717) is 0 Å². The van der Waals surface area contributed by atoms with Gasteiger partial charge in [-0.25, -0.2) is 0 Å². The Hall–Kier alpha value is -0.470. The van der Waals surface area contributed by atoms with Gasteiger partial charge in [0.2, 0.25) is 0 Å². The number of thiophene rings is 1. The fourth-order valence-electron chi connectivity index (χ4n) is 1.73. The van der Waals surface area contributed by atoms with E-state index in [2.05, 4.69) is 17.2 Å². The Balaban J connectivity index is 1.87. The number of hydrogen-bond acceptors (Lipinski definition) is 4. The van der Waals surface area contributed by atoms with E-state index in [4.69, 9.17) is 9.84 Å². The number of rotatable bonds is 3. The molecule has 0 saturated carbocycles. The molecule has 92 valence electrons. The first-order chi connectivity index (χ1) is 8.40. The molecule has 17 heavy (non-hydrogen) atoms. The summed E-state index contributed by atoms with van der Waals surface area (Å²) in [7, 11) is 0. The molecule has 1 N–H and O–H groups in total. The molecule has 0 atom stereocenters. The minimum atomic E-state index is -0.0671. The molecule has 1 aliphatic heterocycles. The lowest BCUT2D eigenvalue weighted by Gasteiger charge is -2.21. The molecule has 0 radical (unpaired) electrons. The first kappa shape index (κ1) is 13.0. The Morgan fingerprint density at radius 2 is 2.29 bits per heavy atom. The molecule has 2 rings (SSSR count). The molecule has 0 aliphatic carbocycles. The highest BCUT2D eigenvalue weighted by molar-refractivity contribution is 7.99. The average molecular weight is 268 g/mol. The summed E-state index contributed by atoms with van der Waals surface area (Å²) in [6.45, 7) is 1.74. The van der Waals surface area contributed by atoms with E-state index in [1.54, 1.807) is 11.3 Å². The van der Waals surface area contributed by atoms with Gasteiger partial charge in [0, 0.05) is 34.7 Å². The summed E-state index contributed by atoms with van der Waals surface area (Å²) in [5.41, 5.74) is 1.07. The van der Waals surface area contributed by atoms with Crippen LogP contribution in [0.3, 0.4) is 0 Å². The second-order valence-corrected chi connectivity index (χ2v) is 6.13. The Morgan fingerprint density at radius 1 is 1.47 bits per heavy atom. The predicted octanol–water partition coefficient (Wildman–Crippen LogP) is 2.50. The molecular weight excluding hydrogens is 252 g/mol. The third kappa shape index (κ3) is 4.04. The van der Waals surface area contributed by atoms with Crippen LogP contribution in [0, 0.1) is 11.8 Å². The maximum atomic E-state index is 8.70. The average Bonchev–Trinajstić information content (AvgIpc) is 2.82. The summed E-state index contributed by atoms with van der Waals surface area (Å²) >= 11 is 3.76. The molecule has 4 heteroatoms. The van der Waals surface area contributed by atoms with Crippen LogP contribution in [0.4, 0.5) is 0 Å². The van der Waals surface area contributed by atoms with Crippen molar-refractivity contribution in [3.05, 3.63) is 21.9 Å². The Bertz CT molecular complexity index is 397. The van der Waals surface area contributed by atoms with Crippen molar-refractivity contribution in [3.63, 3.8) is 0 Å². The maximum absolute atomic E-state index is 8.70. The van der Waals surface area contributed by atoms with Gasteiger partial charge in [-0.1, -0.05) is 11.8 Å². The number of hydrogen-bond donors (Lipinski definition) is 1. The summed E-state index contributed by atoms with van der Waals surface area (Å²) in [5, 5.41) is 11.5. The van der Waals surface area contributed by atoms with Crippen LogP contribution in [0.5, 0.6) is 0 Å². The smallest absolute Gasteiger partial charge is 0.104 e. The second kappa shape index (κ2) is 7.07. The van der Waals surface area contributed by atoms with Crippen LogP contribution in [0.2, 0.25) is 0 Å². The van der Waals surface area contributed by atoms with Crippen molar-refractivity contribution in [3.8, 4) is 11.8 Å². The van der Waals surface area contributed by atoms with E-state index in [9.17, 15) is 0 Å². The first-order valence-corrected chi connectivity index (χ1v) is 7.68. The van der Waals surface area contributed by atoms with Crippen LogP contribution in [0.1, 0.15) is 23.3 Å². The van der Waals surface area contributed by atoms with Gasteiger partial charge in [-0.2, -0.15) is 11.8 Å².